The van der Waals surface area contributed by atoms with Gasteiger partial charge in [-0.15, -0.1) is 5.10 Å². The number of aromatic nitrogens is 4. The monoisotopic (exact) mass is 422 g/mol. The van der Waals surface area contributed by atoms with Crippen molar-refractivity contribution in [2.75, 3.05) is 13.1 Å². The predicted octanol–water partition coefficient (Wildman–Crippen LogP) is 2.86. The first-order chi connectivity index (χ1) is 14.9. The number of carbonyl (C=O) groups excluding carboxylic acids is 2. The predicted molar refractivity (Wildman–Crippen MR) is 113 cm³/mol. The highest BCUT2D eigenvalue weighted by molar-refractivity contribution is 6.00. The summed E-state index contributed by atoms with van der Waals surface area (Å²) in [4.78, 5) is 27.2. The molecule has 3 aromatic rings. The van der Waals surface area contributed by atoms with Crippen LogP contribution in [-0.4, -0.2) is 56.0 Å². The highest BCUT2D eigenvalue weighted by atomic mass is 16.5. The van der Waals surface area contributed by atoms with Crippen molar-refractivity contribution in [2.45, 2.75) is 45.7 Å². The summed E-state index contributed by atoms with van der Waals surface area (Å²) >= 11 is 0. The number of piperidine rings is 1. The topological polar surface area (TPSA) is 106 Å². The lowest BCUT2D eigenvalue weighted by molar-refractivity contribution is 0.0688. The van der Waals surface area contributed by atoms with E-state index in [1.165, 1.54) is 0 Å². The number of amides is 2. The lowest BCUT2D eigenvalue weighted by Gasteiger charge is -2.31. The van der Waals surface area contributed by atoms with Crippen LogP contribution >= 0.6 is 0 Å². The number of benzene rings is 1. The standard InChI is InChI=1S/C22H26N6O3/c1-14(2)23-21(29)18-13-28(26-24-18)17-9-11-27(12-10-17)22(30)19-15(3)31-25-20(19)16-7-5-4-6-8-16/h4-8,13-14,17H,9-12H2,1-3H3,(H,23,29). The van der Waals surface area contributed by atoms with Gasteiger partial charge in [0.15, 0.2) is 5.69 Å². The largest absolute Gasteiger partial charge is 0.360 e. The van der Waals surface area contributed by atoms with Gasteiger partial charge in [-0.3, -0.25) is 9.59 Å². The summed E-state index contributed by atoms with van der Waals surface area (Å²) in [5.41, 5.74) is 2.24. The maximum Gasteiger partial charge on any atom is 0.273 e. The van der Waals surface area contributed by atoms with Gasteiger partial charge in [-0.05, 0) is 33.6 Å². The third kappa shape index (κ3) is 4.35. The number of nitrogens with one attached hydrogen (secondary N) is 1. The fraction of sp³-hybridized carbons (Fsp3) is 0.409. The molecule has 1 aliphatic heterocycles. The molecule has 1 aliphatic rings. The molecule has 9 heteroatoms. The Balaban J connectivity index is 1.43. The number of nitrogens with zero attached hydrogens (tertiary/aromatic N) is 5. The van der Waals surface area contributed by atoms with Crippen LogP contribution in [0.2, 0.25) is 0 Å². The van der Waals surface area contributed by atoms with Crippen LogP contribution in [0.5, 0.6) is 0 Å². The minimum atomic E-state index is -0.231. The molecule has 3 heterocycles. The first kappa shape index (κ1) is 20.8. The zero-order valence-corrected chi connectivity index (χ0v) is 17.9. The van der Waals surface area contributed by atoms with E-state index in [2.05, 4.69) is 20.8 Å². The molecule has 0 radical (unpaired) electrons. The Morgan fingerprint density at radius 1 is 1.16 bits per heavy atom. The van der Waals surface area contributed by atoms with Gasteiger partial charge in [0, 0.05) is 24.7 Å². The minimum Gasteiger partial charge on any atom is -0.360 e. The smallest absolute Gasteiger partial charge is 0.273 e. The average molecular weight is 422 g/mol. The average Bonchev–Trinajstić information content (AvgIpc) is 3.41. The summed E-state index contributed by atoms with van der Waals surface area (Å²) in [7, 11) is 0. The van der Waals surface area contributed by atoms with Crippen molar-refractivity contribution in [2.24, 2.45) is 0 Å². The molecule has 2 amide bonds. The molecular weight excluding hydrogens is 396 g/mol. The van der Waals surface area contributed by atoms with Gasteiger partial charge in [-0.25, -0.2) is 4.68 Å². The van der Waals surface area contributed by atoms with Crippen molar-refractivity contribution in [3.63, 3.8) is 0 Å². The lowest BCUT2D eigenvalue weighted by atomic mass is 10.0. The SMILES string of the molecule is Cc1onc(-c2ccccc2)c1C(=O)N1CCC(n2cc(C(=O)NC(C)C)nn2)CC1. The van der Waals surface area contributed by atoms with E-state index < -0.39 is 0 Å². The number of aryl methyl sites for hydroxylation is 1. The van der Waals surface area contributed by atoms with Gasteiger partial charge < -0.3 is 14.7 Å². The van der Waals surface area contributed by atoms with Crippen LogP contribution in [0.25, 0.3) is 11.3 Å². The number of hydrogen-bond acceptors (Lipinski definition) is 6. The second kappa shape index (κ2) is 8.71. The number of carbonyl (C=O) groups is 2. The Morgan fingerprint density at radius 3 is 2.55 bits per heavy atom. The van der Waals surface area contributed by atoms with Gasteiger partial charge in [0.1, 0.15) is 17.0 Å². The highest BCUT2D eigenvalue weighted by Gasteiger charge is 2.30. The summed E-state index contributed by atoms with van der Waals surface area (Å²) in [6, 6.07) is 9.70. The van der Waals surface area contributed by atoms with Gasteiger partial charge >= 0.3 is 0 Å². The maximum atomic E-state index is 13.3. The van der Waals surface area contributed by atoms with Crippen molar-refractivity contribution in [3.8, 4) is 11.3 Å². The summed E-state index contributed by atoms with van der Waals surface area (Å²) in [5.74, 6) is 0.208. The zero-order valence-electron chi connectivity index (χ0n) is 17.9. The van der Waals surface area contributed by atoms with Crippen molar-refractivity contribution in [1.29, 1.82) is 0 Å². The second-order valence-electron chi connectivity index (χ2n) is 8.06. The summed E-state index contributed by atoms with van der Waals surface area (Å²) < 4.78 is 7.08. The van der Waals surface area contributed by atoms with Crippen LogP contribution in [0.3, 0.4) is 0 Å². The first-order valence-corrected chi connectivity index (χ1v) is 10.5. The lowest BCUT2D eigenvalue weighted by Crippen LogP contribution is -2.39. The Morgan fingerprint density at radius 2 is 1.87 bits per heavy atom. The number of rotatable bonds is 5. The molecule has 1 aromatic carbocycles. The van der Waals surface area contributed by atoms with E-state index in [1.54, 1.807) is 17.8 Å². The molecule has 0 bridgehead atoms. The normalized spacial score (nSPS) is 14.8. The van der Waals surface area contributed by atoms with E-state index in [9.17, 15) is 9.59 Å². The van der Waals surface area contributed by atoms with E-state index in [0.29, 0.717) is 35.8 Å². The molecule has 9 nitrogen and oxygen atoms in total. The first-order valence-electron chi connectivity index (χ1n) is 10.5. The molecule has 0 unspecified atom stereocenters. The fourth-order valence-corrected chi connectivity index (χ4v) is 3.80. The molecule has 1 fully saturated rings. The highest BCUT2D eigenvalue weighted by Crippen LogP contribution is 2.29. The Bertz CT molecular complexity index is 1060. The third-order valence-electron chi connectivity index (χ3n) is 5.41. The molecule has 31 heavy (non-hydrogen) atoms. The molecular formula is C22H26N6O3. The summed E-state index contributed by atoms with van der Waals surface area (Å²) in [5, 5.41) is 15.1. The van der Waals surface area contributed by atoms with Crippen LogP contribution in [-0.2, 0) is 0 Å². The molecule has 0 saturated carbocycles. The molecule has 162 valence electrons. The molecule has 0 aliphatic carbocycles. The Hall–Kier alpha value is -3.49. The van der Waals surface area contributed by atoms with Crippen LogP contribution in [0, 0.1) is 6.92 Å². The van der Waals surface area contributed by atoms with Crippen LogP contribution in [0.1, 0.15) is 59.3 Å². The van der Waals surface area contributed by atoms with Gasteiger partial charge in [0.25, 0.3) is 11.8 Å². The van der Waals surface area contributed by atoms with E-state index in [-0.39, 0.29) is 23.9 Å². The van der Waals surface area contributed by atoms with E-state index in [4.69, 9.17) is 4.52 Å². The number of hydrogen-bond donors (Lipinski definition) is 1. The Kier molecular flexibility index (Phi) is 5.83. The van der Waals surface area contributed by atoms with Gasteiger partial charge in [0.2, 0.25) is 0 Å². The van der Waals surface area contributed by atoms with Crippen LogP contribution in [0.15, 0.2) is 41.1 Å². The molecule has 0 spiro atoms. The summed E-state index contributed by atoms with van der Waals surface area (Å²) in [6.07, 6.45) is 3.13. The summed E-state index contributed by atoms with van der Waals surface area (Å²) in [6.45, 7) is 6.72. The van der Waals surface area contributed by atoms with Gasteiger partial charge in [-0.1, -0.05) is 40.7 Å². The molecule has 1 saturated heterocycles. The van der Waals surface area contributed by atoms with E-state index in [0.717, 1.165) is 18.4 Å². The second-order valence-corrected chi connectivity index (χ2v) is 8.06. The van der Waals surface area contributed by atoms with Crippen molar-refractivity contribution in [1.82, 2.24) is 30.4 Å². The fourth-order valence-electron chi connectivity index (χ4n) is 3.80. The minimum absolute atomic E-state index is 0.0357. The van der Waals surface area contributed by atoms with E-state index in [1.807, 2.05) is 49.1 Å². The quantitative estimate of drug-likeness (QED) is 0.678. The van der Waals surface area contributed by atoms with Crippen molar-refractivity contribution in [3.05, 3.63) is 53.5 Å². The molecule has 2 aromatic heterocycles. The van der Waals surface area contributed by atoms with Crippen molar-refractivity contribution < 1.29 is 14.1 Å². The van der Waals surface area contributed by atoms with Crippen molar-refractivity contribution >= 4 is 11.8 Å². The van der Waals surface area contributed by atoms with Crippen LogP contribution < -0.4 is 5.32 Å². The number of likely N-dealkylation sites (tertiary alicyclic amines) is 1. The van der Waals surface area contributed by atoms with Crippen LogP contribution in [0.4, 0.5) is 0 Å². The zero-order chi connectivity index (χ0) is 22.0. The van der Waals surface area contributed by atoms with Gasteiger partial charge in [-0.2, -0.15) is 0 Å². The maximum absolute atomic E-state index is 13.3. The van der Waals surface area contributed by atoms with Gasteiger partial charge in [0.05, 0.1) is 12.2 Å². The van der Waals surface area contributed by atoms with E-state index >= 15 is 0 Å². The molecule has 1 N–H and O–H groups in total. The molecule has 4 rings (SSSR count). The Labute approximate surface area is 180 Å². The molecule has 0 atom stereocenters. The third-order valence-corrected chi connectivity index (χ3v) is 5.41.